The topological polar surface area (TPSA) is 40.2 Å². The zero-order valence-corrected chi connectivity index (χ0v) is 9.58. The molecule has 0 bridgehead atoms. The summed E-state index contributed by atoms with van der Waals surface area (Å²) in [5, 5.41) is 8.46. The van der Waals surface area contributed by atoms with Gasteiger partial charge in [0.15, 0.2) is 5.92 Å². The van der Waals surface area contributed by atoms with Crippen molar-refractivity contribution in [2.24, 2.45) is 5.92 Å². The lowest BCUT2D eigenvalue weighted by Gasteiger charge is -2.20. The monoisotopic (exact) mass is 246 g/mol. The molecule has 1 aromatic rings. The molecule has 0 N–H and O–H groups in total. The third kappa shape index (κ3) is 4.11. The van der Waals surface area contributed by atoms with Crippen molar-refractivity contribution in [3.05, 3.63) is 23.7 Å². The first-order valence-corrected chi connectivity index (χ1v) is 5.03. The van der Waals surface area contributed by atoms with E-state index in [1.54, 1.807) is 19.1 Å². The average molecular weight is 246 g/mol. The fourth-order valence-electron chi connectivity index (χ4n) is 1.43. The molecule has 6 heteroatoms. The van der Waals surface area contributed by atoms with E-state index < -0.39 is 12.1 Å². The van der Waals surface area contributed by atoms with Crippen LogP contribution in [-0.4, -0.2) is 24.7 Å². The van der Waals surface area contributed by atoms with Gasteiger partial charge in [-0.1, -0.05) is 0 Å². The number of rotatable bonds is 4. The molecule has 0 amide bonds. The maximum absolute atomic E-state index is 12.4. The molecule has 0 saturated carbocycles. The SMILES string of the molecule is Cc1ccc(CN(C)CC(C#N)C(F)(F)F)o1. The van der Waals surface area contributed by atoms with Gasteiger partial charge in [0, 0.05) is 6.54 Å². The molecule has 94 valence electrons. The molecule has 3 nitrogen and oxygen atoms in total. The number of aryl methyl sites for hydroxylation is 1. The molecule has 0 radical (unpaired) electrons. The van der Waals surface area contributed by atoms with E-state index in [9.17, 15) is 13.2 Å². The van der Waals surface area contributed by atoms with Crippen LogP contribution in [0.1, 0.15) is 11.5 Å². The van der Waals surface area contributed by atoms with Gasteiger partial charge in [-0.3, -0.25) is 4.90 Å². The van der Waals surface area contributed by atoms with E-state index in [2.05, 4.69) is 0 Å². The first-order valence-electron chi connectivity index (χ1n) is 5.03. The zero-order valence-electron chi connectivity index (χ0n) is 9.58. The third-order valence-corrected chi connectivity index (χ3v) is 2.27. The number of hydrogen-bond donors (Lipinski definition) is 0. The Hall–Kier alpha value is -1.48. The van der Waals surface area contributed by atoms with Gasteiger partial charge < -0.3 is 4.42 Å². The first kappa shape index (κ1) is 13.6. The minimum atomic E-state index is -4.48. The maximum Gasteiger partial charge on any atom is 0.405 e. The molecule has 1 aromatic heterocycles. The normalized spacial score (nSPS) is 13.7. The average Bonchev–Trinajstić information content (AvgIpc) is 2.58. The van der Waals surface area contributed by atoms with Crippen molar-refractivity contribution in [1.82, 2.24) is 4.90 Å². The van der Waals surface area contributed by atoms with Crippen molar-refractivity contribution in [3.63, 3.8) is 0 Å². The molecular weight excluding hydrogens is 233 g/mol. The molecule has 0 aliphatic heterocycles. The lowest BCUT2D eigenvalue weighted by atomic mass is 10.1. The Morgan fingerprint density at radius 3 is 2.53 bits per heavy atom. The molecule has 1 atom stereocenters. The molecule has 0 spiro atoms. The molecular formula is C11H13F3N2O. The second kappa shape index (κ2) is 5.23. The second-order valence-electron chi connectivity index (χ2n) is 3.93. The minimum absolute atomic E-state index is 0.252. The fourth-order valence-corrected chi connectivity index (χ4v) is 1.43. The van der Waals surface area contributed by atoms with Crippen LogP contribution in [0.15, 0.2) is 16.5 Å². The molecule has 1 rings (SSSR count). The highest BCUT2D eigenvalue weighted by molar-refractivity contribution is 5.05. The smallest absolute Gasteiger partial charge is 0.405 e. The number of alkyl halides is 3. The number of furan rings is 1. The van der Waals surface area contributed by atoms with Crippen molar-refractivity contribution >= 4 is 0 Å². The summed E-state index contributed by atoms with van der Waals surface area (Å²) in [5.74, 6) is -0.673. The molecule has 0 aliphatic rings. The number of hydrogen-bond acceptors (Lipinski definition) is 3. The van der Waals surface area contributed by atoms with Gasteiger partial charge in [-0.05, 0) is 26.1 Å². The van der Waals surface area contributed by atoms with E-state index in [-0.39, 0.29) is 13.1 Å². The zero-order chi connectivity index (χ0) is 13.1. The lowest BCUT2D eigenvalue weighted by Crippen LogP contribution is -2.33. The Kier molecular flexibility index (Phi) is 4.18. The van der Waals surface area contributed by atoms with Crippen LogP contribution < -0.4 is 0 Å². The molecule has 1 unspecified atom stereocenters. The van der Waals surface area contributed by atoms with E-state index >= 15 is 0 Å². The maximum atomic E-state index is 12.4. The van der Waals surface area contributed by atoms with E-state index in [4.69, 9.17) is 9.68 Å². The van der Waals surface area contributed by atoms with Crippen LogP contribution in [0.25, 0.3) is 0 Å². The summed E-state index contributed by atoms with van der Waals surface area (Å²) < 4.78 is 42.3. The van der Waals surface area contributed by atoms with Gasteiger partial charge in [0.2, 0.25) is 0 Å². The molecule has 0 fully saturated rings. The summed E-state index contributed by atoms with van der Waals surface area (Å²) >= 11 is 0. The first-order chi connectivity index (χ1) is 7.82. The van der Waals surface area contributed by atoms with Crippen LogP contribution >= 0.6 is 0 Å². The highest BCUT2D eigenvalue weighted by atomic mass is 19.4. The van der Waals surface area contributed by atoms with Crippen molar-refractivity contribution < 1.29 is 17.6 Å². The van der Waals surface area contributed by atoms with Crippen LogP contribution in [-0.2, 0) is 6.54 Å². The molecule has 1 heterocycles. The van der Waals surface area contributed by atoms with Gasteiger partial charge >= 0.3 is 6.18 Å². The molecule has 17 heavy (non-hydrogen) atoms. The summed E-state index contributed by atoms with van der Waals surface area (Å²) in [6.07, 6.45) is -4.48. The van der Waals surface area contributed by atoms with Gasteiger partial charge in [-0.25, -0.2) is 0 Å². The summed E-state index contributed by atoms with van der Waals surface area (Å²) in [7, 11) is 1.52. The Balaban J connectivity index is 2.55. The van der Waals surface area contributed by atoms with E-state index in [1.807, 2.05) is 0 Å². The van der Waals surface area contributed by atoms with Gasteiger partial charge in [-0.2, -0.15) is 18.4 Å². The van der Waals surface area contributed by atoms with Crippen molar-refractivity contribution in [2.45, 2.75) is 19.6 Å². The predicted octanol–water partition coefficient (Wildman–Crippen LogP) is 2.72. The largest absolute Gasteiger partial charge is 0.465 e. The molecule has 0 saturated heterocycles. The lowest BCUT2D eigenvalue weighted by molar-refractivity contribution is -0.162. The Labute approximate surface area is 97.4 Å². The molecule has 0 aliphatic carbocycles. The van der Waals surface area contributed by atoms with Crippen LogP contribution in [0.5, 0.6) is 0 Å². The number of nitrogens with zero attached hydrogens (tertiary/aromatic N) is 2. The highest BCUT2D eigenvalue weighted by Gasteiger charge is 2.40. The summed E-state index contributed by atoms with van der Waals surface area (Å²) in [6, 6.07) is 4.72. The Bertz CT molecular complexity index is 406. The summed E-state index contributed by atoms with van der Waals surface area (Å²) in [6.45, 7) is 1.65. The van der Waals surface area contributed by atoms with Crippen LogP contribution in [0.2, 0.25) is 0 Å². The third-order valence-electron chi connectivity index (χ3n) is 2.27. The van der Waals surface area contributed by atoms with E-state index in [1.165, 1.54) is 18.0 Å². The minimum Gasteiger partial charge on any atom is -0.465 e. The van der Waals surface area contributed by atoms with E-state index in [0.717, 1.165) is 0 Å². The quantitative estimate of drug-likeness (QED) is 0.820. The van der Waals surface area contributed by atoms with Crippen molar-refractivity contribution in [3.8, 4) is 6.07 Å². The Morgan fingerprint density at radius 2 is 2.12 bits per heavy atom. The van der Waals surface area contributed by atoms with E-state index in [0.29, 0.717) is 11.5 Å². The summed E-state index contributed by atoms with van der Waals surface area (Å²) in [5.41, 5.74) is 0. The standard InChI is InChI=1S/C11H13F3N2O/c1-8-3-4-10(17-8)7-16(2)6-9(5-15)11(12,13)14/h3-4,9H,6-7H2,1-2H3. The Morgan fingerprint density at radius 1 is 1.47 bits per heavy atom. The second-order valence-corrected chi connectivity index (χ2v) is 3.93. The van der Waals surface area contributed by atoms with Gasteiger partial charge in [0.05, 0.1) is 12.6 Å². The number of halogens is 3. The van der Waals surface area contributed by atoms with Crippen LogP contribution in [0, 0.1) is 24.2 Å². The van der Waals surface area contributed by atoms with Crippen LogP contribution in [0.4, 0.5) is 13.2 Å². The van der Waals surface area contributed by atoms with Crippen molar-refractivity contribution in [2.75, 3.05) is 13.6 Å². The van der Waals surface area contributed by atoms with Crippen molar-refractivity contribution in [1.29, 1.82) is 5.26 Å². The fraction of sp³-hybridized carbons (Fsp3) is 0.545. The van der Waals surface area contributed by atoms with Crippen LogP contribution in [0.3, 0.4) is 0 Å². The number of nitriles is 1. The van der Waals surface area contributed by atoms with Gasteiger partial charge in [-0.15, -0.1) is 0 Å². The predicted molar refractivity (Wildman–Crippen MR) is 54.9 cm³/mol. The highest BCUT2D eigenvalue weighted by Crippen LogP contribution is 2.26. The molecule has 0 aromatic carbocycles. The van der Waals surface area contributed by atoms with Gasteiger partial charge in [0.25, 0.3) is 0 Å². The summed E-state index contributed by atoms with van der Waals surface area (Å²) in [4.78, 5) is 1.42. The van der Waals surface area contributed by atoms with Gasteiger partial charge in [0.1, 0.15) is 11.5 Å².